The van der Waals surface area contributed by atoms with Crippen molar-refractivity contribution >= 4 is 27.4 Å². The number of carbonyl (C=O) groups excluding carboxylic acids is 1. The number of benzene rings is 1. The number of esters is 1. The molecule has 24 heavy (non-hydrogen) atoms. The highest BCUT2D eigenvalue weighted by Gasteiger charge is 2.54. The van der Waals surface area contributed by atoms with Crippen LogP contribution < -0.4 is 0 Å². The normalized spacial score (nSPS) is 21.5. The Balaban J connectivity index is 1.89. The maximum Gasteiger partial charge on any atom is 0.328 e. The van der Waals surface area contributed by atoms with Gasteiger partial charge < -0.3 is 4.74 Å². The molecule has 0 radical (unpaired) electrons. The van der Waals surface area contributed by atoms with Gasteiger partial charge in [0.25, 0.3) is 0 Å². The molecule has 4 nitrogen and oxygen atoms in total. The highest BCUT2D eigenvalue weighted by Crippen LogP contribution is 2.42. The van der Waals surface area contributed by atoms with Gasteiger partial charge in [0.2, 0.25) is 0 Å². The molecule has 0 N–H and O–H groups in total. The molecular formula is C18H23ClO4S. The molecule has 0 saturated heterocycles. The average molecular weight is 371 g/mol. The van der Waals surface area contributed by atoms with Gasteiger partial charge in [-0.3, -0.25) is 4.79 Å². The second-order valence-corrected chi connectivity index (χ2v) is 9.52. The summed E-state index contributed by atoms with van der Waals surface area (Å²) < 4.78 is 30.6. The summed E-state index contributed by atoms with van der Waals surface area (Å²) in [6.45, 7) is 0. The van der Waals surface area contributed by atoms with E-state index < -0.39 is 20.6 Å². The minimum atomic E-state index is -3.80. The topological polar surface area (TPSA) is 60.4 Å². The standard InChI is InChI=1S/C18H23ClO4S/c19-14-8-10-16(11-9-14)24(21,22)18(12-4-5-13-18)17(20)23-15-6-2-1-3-7-15/h8-11,15H,1-7,12-13H2. The fraction of sp³-hybridized carbons (Fsp3) is 0.611. The van der Waals surface area contributed by atoms with Gasteiger partial charge in [-0.05, 0) is 62.8 Å². The van der Waals surface area contributed by atoms with Crippen molar-refractivity contribution in [1.29, 1.82) is 0 Å². The van der Waals surface area contributed by atoms with Crippen LogP contribution in [0.25, 0.3) is 0 Å². The summed E-state index contributed by atoms with van der Waals surface area (Å²) in [5.74, 6) is -0.554. The smallest absolute Gasteiger partial charge is 0.328 e. The van der Waals surface area contributed by atoms with Crippen LogP contribution >= 0.6 is 11.6 Å². The van der Waals surface area contributed by atoms with E-state index in [9.17, 15) is 13.2 Å². The zero-order valence-corrected chi connectivity index (χ0v) is 15.2. The summed E-state index contributed by atoms with van der Waals surface area (Å²) in [4.78, 5) is 13.0. The second kappa shape index (κ2) is 7.04. The Morgan fingerprint density at radius 2 is 1.58 bits per heavy atom. The van der Waals surface area contributed by atoms with Crippen molar-refractivity contribution in [2.75, 3.05) is 0 Å². The molecule has 2 aliphatic carbocycles. The molecule has 2 aliphatic rings. The van der Waals surface area contributed by atoms with Crippen LogP contribution in [0.2, 0.25) is 5.02 Å². The number of hydrogen-bond donors (Lipinski definition) is 0. The number of sulfone groups is 1. The fourth-order valence-corrected chi connectivity index (χ4v) is 5.97. The van der Waals surface area contributed by atoms with Crippen LogP contribution in [0.3, 0.4) is 0 Å². The molecule has 1 aromatic carbocycles. The first kappa shape index (κ1) is 17.7. The van der Waals surface area contributed by atoms with Crippen molar-refractivity contribution in [1.82, 2.24) is 0 Å². The predicted molar refractivity (Wildman–Crippen MR) is 92.8 cm³/mol. The molecule has 0 atom stereocenters. The quantitative estimate of drug-likeness (QED) is 0.741. The third-order valence-electron chi connectivity index (χ3n) is 5.25. The predicted octanol–water partition coefficient (Wildman–Crippen LogP) is 4.30. The van der Waals surface area contributed by atoms with Gasteiger partial charge in [0.15, 0.2) is 14.6 Å². The number of rotatable bonds is 4. The van der Waals surface area contributed by atoms with Gasteiger partial charge in [0.05, 0.1) is 4.90 Å². The van der Waals surface area contributed by atoms with Crippen molar-refractivity contribution in [3.63, 3.8) is 0 Å². The molecule has 0 heterocycles. The van der Waals surface area contributed by atoms with Gasteiger partial charge in [0, 0.05) is 5.02 Å². The van der Waals surface area contributed by atoms with E-state index in [4.69, 9.17) is 16.3 Å². The molecular weight excluding hydrogens is 348 g/mol. The highest BCUT2D eigenvalue weighted by atomic mass is 35.5. The van der Waals surface area contributed by atoms with Crippen LogP contribution in [0.5, 0.6) is 0 Å². The Labute approximate surface area is 148 Å². The van der Waals surface area contributed by atoms with E-state index in [-0.39, 0.29) is 11.0 Å². The van der Waals surface area contributed by atoms with E-state index in [2.05, 4.69) is 0 Å². The second-order valence-electron chi connectivity index (χ2n) is 6.82. The first-order valence-electron chi connectivity index (χ1n) is 8.67. The summed E-state index contributed by atoms with van der Waals surface area (Å²) in [6.07, 6.45) is 6.90. The number of halogens is 1. The lowest BCUT2D eigenvalue weighted by atomic mass is 9.97. The summed E-state index contributed by atoms with van der Waals surface area (Å²) in [6, 6.07) is 6.05. The fourth-order valence-electron chi connectivity index (χ4n) is 3.81. The molecule has 132 valence electrons. The largest absolute Gasteiger partial charge is 0.461 e. The molecule has 0 aromatic heterocycles. The van der Waals surface area contributed by atoms with Crippen molar-refractivity contribution in [3.05, 3.63) is 29.3 Å². The van der Waals surface area contributed by atoms with Crippen molar-refractivity contribution in [3.8, 4) is 0 Å². The van der Waals surface area contributed by atoms with Gasteiger partial charge in [-0.2, -0.15) is 0 Å². The zero-order valence-electron chi connectivity index (χ0n) is 13.7. The third kappa shape index (κ3) is 3.21. The zero-order chi connectivity index (χ0) is 17.2. The van der Waals surface area contributed by atoms with E-state index >= 15 is 0 Å². The Bertz CT molecular complexity index is 684. The maximum absolute atomic E-state index is 13.2. The summed E-state index contributed by atoms with van der Waals surface area (Å²) >= 11 is 5.86. The lowest BCUT2D eigenvalue weighted by Gasteiger charge is -2.30. The van der Waals surface area contributed by atoms with Crippen molar-refractivity contribution < 1.29 is 17.9 Å². The van der Waals surface area contributed by atoms with Gasteiger partial charge >= 0.3 is 5.97 Å². The first-order chi connectivity index (χ1) is 11.5. The van der Waals surface area contributed by atoms with Crippen LogP contribution in [-0.4, -0.2) is 25.2 Å². The number of carbonyl (C=O) groups is 1. The minimum absolute atomic E-state index is 0.135. The Hall–Kier alpha value is -1.07. The Morgan fingerprint density at radius 1 is 1.00 bits per heavy atom. The molecule has 2 fully saturated rings. The van der Waals surface area contributed by atoms with E-state index in [0.717, 1.165) is 44.9 Å². The molecule has 2 saturated carbocycles. The molecule has 3 rings (SSSR count). The summed E-state index contributed by atoms with van der Waals surface area (Å²) in [7, 11) is -3.80. The summed E-state index contributed by atoms with van der Waals surface area (Å²) in [5, 5.41) is 0.471. The lowest BCUT2D eigenvalue weighted by molar-refractivity contribution is -0.153. The minimum Gasteiger partial charge on any atom is -0.461 e. The maximum atomic E-state index is 13.2. The third-order valence-corrected chi connectivity index (χ3v) is 8.00. The first-order valence-corrected chi connectivity index (χ1v) is 10.5. The van der Waals surface area contributed by atoms with Crippen molar-refractivity contribution in [2.24, 2.45) is 0 Å². The van der Waals surface area contributed by atoms with Crippen LogP contribution in [0, 0.1) is 0 Å². The molecule has 0 spiro atoms. The van der Waals surface area contributed by atoms with E-state index in [0.29, 0.717) is 17.9 Å². The van der Waals surface area contributed by atoms with Gasteiger partial charge in [-0.1, -0.05) is 30.9 Å². The molecule has 6 heteroatoms. The molecule has 0 amide bonds. The van der Waals surface area contributed by atoms with Gasteiger partial charge in [-0.25, -0.2) is 8.42 Å². The molecule has 0 bridgehead atoms. The van der Waals surface area contributed by atoms with E-state index in [1.165, 1.54) is 12.1 Å². The van der Waals surface area contributed by atoms with E-state index in [1.54, 1.807) is 12.1 Å². The van der Waals surface area contributed by atoms with Gasteiger partial charge in [-0.15, -0.1) is 0 Å². The van der Waals surface area contributed by atoms with Crippen molar-refractivity contribution in [2.45, 2.75) is 73.5 Å². The van der Waals surface area contributed by atoms with Crippen LogP contribution in [0.1, 0.15) is 57.8 Å². The summed E-state index contributed by atoms with van der Waals surface area (Å²) in [5.41, 5.74) is 0. The Morgan fingerprint density at radius 3 is 2.17 bits per heavy atom. The molecule has 0 unspecified atom stereocenters. The van der Waals surface area contributed by atoms with Crippen LogP contribution in [0.15, 0.2) is 29.2 Å². The van der Waals surface area contributed by atoms with Gasteiger partial charge in [0.1, 0.15) is 6.10 Å². The number of hydrogen-bond acceptors (Lipinski definition) is 4. The average Bonchev–Trinajstić information content (AvgIpc) is 3.08. The number of ether oxygens (including phenoxy) is 1. The molecule has 1 aromatic rings. The molecule has 0 aliphatic heterocycles. The SMILES string of the molecule is O=C(OC1CCCCC1)C1(S(=O)(=O)c2ccc(Cl)cc2)CCCC1. The van der Waals surface area contributed by atoms with Crippen LogP contribution in [-0.2, 0) is 19.4 Å². The van der Waals surface area contributed by atoms with E-state index in [1.807, 2.05) is 0 Å². The van der Waals surface area contributed by atoms with Crippen LogP contribution in [0.4, 0.5) is 0 Å². The highest BCUT2D eigenvalue weighted by molar-refractivity contribution is 7.93. The lowest BCUT2D eigenvalue weighted by Crippen LogP contribution is -2.46. The Kier molecular flexibility index (Phi) is 5.21. The monoisotopic (exact) mass is 370 g/mol.